The Hall–Kier alpha value is -2.85. The van der Waals surface area contributed by atoms with Crippen LogP contribution in [-0.2, 0) is 19.6 Å². The van der Waals surface area contributed by atoms with Crippen LogP contribution in [0.3, 0.4) is 0 Å². The predicted molar refractivity (Wildman–Crippen MR) is 108 cm³/mol. The number of piperidine rings is 1. The molecule has 0 aliphatic carbocycles. The maximum Gasteiger partial charge on any atom is 0.246 e. The first kappa shape index (κ1) is 21.8. The van der Waals surface area contributed by atoms with Gasteiger partial charge in [0, 0.05) is 31.2 Å². The third-order valence-corrected chi connectivity index (χ3v) is 6.79. The van der Waals surface area contributed by atoms with Gasteiger partial charge in [0.05, 0.1) is 10.8 Å². The topological polar surface area (TPSA) is 108 Å². The molecule has 2 atom stereocenters. The first-order valence-corrected chi connectivity index (χ1v) is 11.0. The van der Waals surface area contributed by atoms with Crippen molar-refractivity contribution < 1.29 is 22.4 Å². The highest BCUT2D eigenvalue weighted by Gasteiger charge is 2.34. The number of aromatic nitrogens is 1. The van der Waals surface area contributed by atoms with Crippen LogP contribution in [0.2, 0.25) is 0 Å². The smallest absolute Gasteiger partial charge is 0.246 e. The van der Waals surface area contributed by atoms with Crippen molar-refractivity contribution in [3.05, 3.63) is 54.6 Å². The predicted octanol–water partition coefficient (Wildman–Crippen LogP) is 1.76. The summed E-state index contributed by atoms with van der Waals surface area (Å²) in [6, 6.07) is 7.06. The maximum absolute atomic E-state index is 13.1. The molecular formula is C20H23FN4O4S. The molecule has 2 N–H and O–H groups in total. The molecule has 2 heterocycles. The molecule has 1 aromatic carbocycles. The molecule has 30 heavy (non-hydrogen) atoms. The number of carbonyl (C=O) groups excluding carboxylic acids is 2. The van der Waals surface area contributed by atoms with E-state index in [1.807, 2.05) is 0 Å². The molecule has 1 aliphatic rings. The quantitative estimate of drug-likeness (QED) is 0.720. The zero-order valence-corrected chi connectivity index (χ0v) is 17.2. The van der Waals surface area contributed by atoms with Crippen LogP contribution in [0.4, 0.5) is 10.1 Å². The van der Waals surface area contributed by atoms with Crippen molar-refractivity contribution in [2.24, 2.45) is 5.92 Å². The second-order valence-corrected chi connectivity index (χ2v) is 9.05. The van der Waals surface area contributed by atoms with Crippen molar-refractivity contribution in [2.45, 2.75) is 30.7 Å². The molecule has 10 heteroatoms. The Morgan fingerprint density at radius 2 is 1.83 bits per heavy atom. The van der Waals surface area contributed by atoms with E-state index in [2.05, 4.69) is 15.6 Å². The summed E-state index contributed by atoms with van der Waals surface area (Å²) in [4.78, 5) is 28.8. The van der Waals surface area contributed by atoms with Gasteiger partial charge in [-0.1, -0.05) is 0 Å². The molecule has 2 amide bonds. The van der Waals surface area contributed by atoms with Crippen molar-refractivity contribution in [3.63, 3.8) is 0 Å². The van der Waals surface area contributed by atoms with Gasteiger partial charge in [0.15, 0.2) is 0 Å². The molecule has 0 radical (unpaired) electrons. The first-order valence-electron chi connectivity index (χ1n) is 9.54. The molecule has 0 bridgehead atoms. The number of hydrogen-bond acceptors (Lipinski definition) is 5. The van der Waals surface area contributed by atoms with Crippen LogP contribution in [0.1, 0.15) is 19.8 Å². The van der Waals surface area contributed by atoms with E-state index in [-0.39, 0.29) is 29.8 Å². The molecule has 1 aliphatic heterocycles. The summed E-state index contributed by atoms with van der Waals surface area (Å²) in [5, 5.41) is 5.33. The Morgan fingerprint density at radius 3 is 2.50 bits per heavy atom. The second-order valence-electron chi connectivity index (χ2n) is 7.11. The molecule has 2 aromatic rings. The molecule has 1 saturated heterocycles. The number of benzene rings is 1. The molecule has 0 spiro atoms. The lowest BCUT2D eigenvalue weighted by atomic mass is 9.98. The number of rotatable bonds is 6. The zero-order valence-electron chi connectivity index (χ0n) is 16.4. The lowest BCUT2D eigenvalue weighted by molar-refractivity contribution is -0.129. The Kier molecular flexibility index (Phi) is 6.78. The van der Waals surface area contributed by atoms with Crippen molar-refractivity contribution in [1.82, 2.24) is 14.6 Å². The molecule has 1 fully saturated rings. The minimum atomic E-state index is -3.83. The minimum absolute atomic E-state index is 0.00420. The molecular weight excluding hydrogens is 411 g/mol. The largest absolute Gasteiger partial charge is 0.344 e. The molecule has 8 nitrogen and oxygen atoms in total. The number of sulfonamides is 1. The Balaban J connectivity index is 1.61. The number of nitrogens with zero attached hydrogens (tertiary/aromatic N) is 2. The highest BCUT2D eigenvalue weighted by Crippen LogP contribution is 2.24. The van der Waals surface area contributed by atoms with Crippen LogP contribution in [0.15, 0.2) is 53.7 Å². The Morgan fingerprint density at radius 1 is 1.17 bits per heavy atom. The van der Waals surface area contributed by atoms with Crippen LogP contribution in [0.5, 0.6) is 0 Å². The van der Waals surface area contributed by atoms with Gasteiger partial charge in [-0.25, -0.2) is 12.8 Å². The van der Waals surface area contributed by atoms with Gasteiger partial charge in [-0.05, 0) is 56.2 Å². The highest BCUT2D eigenvalue weighted by molar-refractivity contribution is 7.89. The minimum Gasteiger partial charge on any atom is -0.344 e. The van der Waals surface area contributed by atoms with E-state index in [1.54, 1.807) is 19.1 Å². The molecule has 1 unspecified atom stereocenters. The Labute approximate surface area is 174 Å². The standard InChI is InChI=1S/C20H23FN4O4S/c1-14(19(26)24-17-8-10-22-11-9-17)23-20(27)15-3-2-12-25(13-15)30(28,29)18-6-4-16(21)5-7-18/h4-11,14-15H,2-3,12-13H2,1H3,(H,23,27)(H,22,24,26)/t14-,15?/m0/s1. The molecule has 3 rings (SSSR count). The van der Waals surface area contributed by atoms with Gasteiger partial charge in [0.2, 0.25) is 21.8 Å². The van der Waals surface area contributed by atoms with Gasteiger partial charge in [-0.3, -0.25) is 14.6 Å². The Bertz CT molecular complexity index is 999. The normalized spacial score (nSPS) is 18.4. The van der Waals surface area contributed by atoms with Crippen molar-refractivity contribution in [1.29, 1.82) is 0 Å². The van der Waals surface area contributed by atoms with E-state index < -0.39 is 27.8 Å². The van der Waals surface area contributed by atoms with E-state index in [1.165, 1.54) is 28.8 Å². The van der Waals surface area contributed by atoms with Gasteiger partial charge >= 0.3 is 0 Å². The average molecular weight is 434 g/mol. The summed E-state index contributed by atoms with van der Waals surface area (Å²) in [5.74, 6) is -1.87. The highest BCUT2D eigenvalue weighted by atomic mass is 32.2. The number of anilines is 1. The number of pyridine rings is 1. The summed E-state index contributed by atoms with van der Waals surface area (Å²) >= 11 is 0. The average Bonchev–Trinajstić information content (AvgIpc) is 2.74. The molecule has 1 aromatic heterocycles. The fourth-order valence-corrected chi connectivity index (χ4v) is 4.74. The third kappa shape index (κ3) is 5.19. The van der Waals surface area contributed by atoms with E-state index in [0.29, 0.717) is 18.5 Å². The van der Waals surface area contributed by atoms with Gasteiger partial charge in [0.25, 0.3) is 0 Å². The zero-order chi connectivity index (χ0) is 21.7. The molecule has 0 saturated carbocycles. The SMILES string of the molecule is C[C@H](NC(=O)C1CCCN(S(=O)(=O)c2ccc(F)cc2)C1)C(=O)Nc1ccncc1. The van der Waals surface area contributed by atoms with Gasteiger partial charge in [-0.15, -0.1) is 0 Å². The monoisotopic (exact) mass is 434 g/mol. The van der Waals surface area contributed by atoms with Crippen LogP contribution in [-0.4, -0.2) is 48.7 Å². The number of hydrogen-bond donors (Lipinski definition) is 2. The summed E-state index contributed by atoms with van der Waals surface area (Å²) < 4.78 is 39.9. The van der Waals surface area contributed by atoms with Crippen LogP contribution in [0.25, 0.3) is 0 Å². The van der Waals surface area contributed by atoms with Crippen molar-refractivity contribution in [2.75, 3.05) is 18.4 Å². The lowest BCUT2D eigenvalue weighted by Gasteiger charge is -2.31. The first-order chi connectivity index (χ1) is 14.3. The van der Waals surface area contributed by atoms with Gasteiger partial charge in [0.1, 0.15) is 11.9 Å². The summed E-state index contributed by atoms with van der Waals surface area (Å²) in [7, 11) is -3.83. The number of nitrogens with one attached hydrogen (secondary N) is 2. The second kappa shape index (κ2) is 9.31. The third-order valence-electron chi connectivity index (χ3n) is 4.91. The van der Waals surface area contributed by atoms with Crippen molar-refractivity contribution in [3.8, 4) is 0 Å². The number of carbonyl (C=O) groups is 2. The lowest BCUT2D eigenvalue weighted by Crippen LogP contribution is -2.49. The fraction of sp³-hybridized carbons (Fsp3) is 0.350. The van der Waals surface area contributed by atoms with Crippen LogP contribution in [0, 0.1) is 11.7 Å². The summed E-state index contributed by atoms with van der Waals surface area (Å²) in [6.45, 7) is 1.84. The van der Waals surface area contributed by atoms with E-state index >= 15 is 0 Å². The summed E-state index contributed by atoms with van der Waals surface area (Å²) in [5.41, 5.74) is 0.560. The number of halogens is 1. The fourth-order valence-electron chi connectivity index (χ4n) is 3.21. The van der Waals surface area contributed by atoms with E-state index in [0.717, 1.165) is 12.1 Å². The van der Waals surface area contributed by atoms with Crippen molar-refractivity contribution >= 4 is 27.5 Å². The van der Waals surface area contributed by atoms with E-state index in [9.17, 15) is 22.4 Å². The molecule has 160 valence electrons. The number of amides is 2. The summed E-state index contributed by atoms with van der Waals surface area (Å²) in [6.07, 6.45) is 4.10. The van der Waals surface area contributed by atoms with Crippen LogP contribution < -0.4 is 10.6 Å². The van der Waals surface area contributed by atoms with Gasteiger partial charge < -0.3 is 10.6 Å². The van der Waals surface area contributed by atoms with E-state index in [4.69, 9.17) is 0 Å². The van der Waals surface area contributed by atoms with Crippen LogP contribution >= 0.6 is 0 Å². The van der Waals surface area contributed by atoms with Gasteiger partial charge in [-0.2, -0.15) is 4.31 Å². The maximum atomic E-state index is 13.1.